The molecular formula is C28H24N4O2S. The molecule has 2 aromatic carbocycles. The maximum atomic E-state index is 13.5. The van der Waals surface area contributed by atoms with Crippen molar-refractivity contribution >= 4 is 51.8 Å². The van der Waals surface area contributed by atoms with Crippen LogP contribution in [-0.2, 0) is 9.59 Å². The number of aryl methyl sites for hydroxylation is 3. The highest BCUT2D eigenvalue weighted by Gasteiger charge is 2.35. The molecule has 0 saturated carbocycles. The van der Waals surface area contributed by atoms with Crippen LogP contribution in [0.15, 0.2) is 66.4 Å². The first kappa shape index (κ1) is 22.7. The molecule has 174 valence electrons. The van der Waals surface area contributed by atoms with Gasteiger partial charge in [-0.05, 0) is 93.5 Å². The van der Waals surface area contributed by atoms with E-state index in [-0.39, 0.29) is 10.7 Å². The minimum Gasteiger partial charge on any atom is -0.318 e. The van der Waals surface area contributed by atoms with Crippen molar-refractivity contribution in [2.75, 3.05) is 4.90 Å². The van der Waals surface area contributed by atoms with Crippen molar-refractivity contribution in [1.29, 1.82) is 0 Å². The van der Waals surface area contributed by atoms with E-state index in [1.165, 1.54) is 4.90 Å². The molecule has 1 aliphatic heterocycles. The van der Waals surface area contributed by atoms with Crippen LogP contribution in [0.4, 0.5) is 5.69 Å². The molecular weight excluding hydrogens is 456 g/mol. The lowest BCUT2D eigenvalue weighted by Gasteiger charge is -2.30. The number of hydrogen-bond donors (Lipinski definition) is 1. The van der Waals surface area contributed by atoms with Gasteiger partial charge in [-0.15, -0.1) is 0 Å². The van der Waals surface area contributed by atoms with Crippen LogP contribution < -0.4 is 10.2 Å². The third kappa shape index (κ3) is 3.94. The van der Waals surface area contributed by atoms with Crippen molar-refractivity contribution < 1.29 is 9.59 Å². The summed E-state index contributed by atoms with van der Waals surface area (Å²) in [5.74, 6) is -0.935. The van der Waals surface area contributed by atoms with Crippen molar-refractivity contribution in [3.05, 3.63) is 94.4 Å². The summed E-state index contributed by atoms with van der Waals surface area (Å²) in [6.07, 6.45) is 3.43. The Morgan fingerprint density at radius 2 is 1.77 bits per heavy atom. The van der Waals surface area contributed by atoms with Crippen LogP contribution in [0.1, 0.15) is 28.1 Å². The Balaban J connectivity index is 1.57. The van der Waals surface area contributed by atoms with Crippen molar-refractivity contribution in [2.45, 2.75) is 27.7 Å². The molecule has 0 aliphatic carbocycles. The number of fused-ring (bicyclic) bond motifs is 1. The molecule has 0 unspecified atom stereocenters. The fourth-order valence-electron chi connectivity index (χ4n) is 4.62. The minimum absolute atomic E-state index is 0.0431. The van der Waals surface area contributed by atoms with Gasteiger partial charge < -0.3 is 4.57 Å². The van der Waals surface area contributed by atoms with Gasteiger partial charge in [0.05, 0.1) is 11.2 Å². The number of benzene rings is 2. The van der Waals surface area contributed by atoms with Gasteiger partial charge in [-0.2, -0.15) is 0 Å². The fourth-order valence-corrected chi connectivity index (χ4v) is 4.90. The number of nitrogens with zero attached hydrogens (tertiary/aromatic N) is 3. The van der Waals surface area contributed by atoms with Gasteiger partial charge >= 0.3 is 0 Å². The number of nitrogens with one attached hydrogen (secondary N) is 1. The van der Waals surface area contributed by atoms with Gasteiger partial charge in [0, 0.05) is 28.7 Å². The van der Waals surface area contributed by atoms with Crippen LogP contribution in [0.25, 0.3) is 22.7 Å². The van der Waals surface area contributed by atoms with E-state index in [9.17, 15) is 9.59 Å². The van der Waals surface area contributed by atoms with Gasteiger partial charge in [-0.25, -0.2) is 0 Å². The average molecular weight is 481 g/mol. The fraction of sp³-hybridized carbons (Fsp3) is 0.143. The predicted molar refractivity (Wildman–Crippen MR) is 143 cm³/mol. The molecule has 1 fully saturated rings. The standard InChI is InChI=1S/C28H24N4O2S/c1-16-7-10-25(17(2)12-16)32-27(34)23(26(33)30-28(32)35)15-21-13-18(3)31(19(21)4)22-8-9-24-20(14-22)6-5-11-29-24/h5-15H,1-4H3,(H,30,33,35)/b23-15+. The summed E-state index contributed by atoms with van der Waals surface area (Å²) in [4.78, 5) is 32.1. The third-order valence-corrected chi connectivity index (χ3v) is 6.59. The van der Waals surface area contributed by atoms with E-state index in [2.05, 4.69) is 20.9 Å². The SMILES string of the molecule is Cc1ccc(N2C(=O)/C(=C/c3cc(C)n(-c4ccc5ncccc5c4)c3C)C(=O)NC2=S)c(C)c1. The number of thiocarbonyl (C=S) groups is 1. The molecule has 3 heterocycles. The predicted octanol–water partition coefficient (Wildman–Crippen LogP) is 5.09. The van der Waals surface area contributed by atoms with E-state index in [4.69, 9.17) is 12.2 Å². The Morgan fingerprint density at radius 3 is 2.54 bits per heavy atom. The van der Waals surface area contributed by atoms with Gasteiger partial charge in [-0.3, -0.25) is 24.8 Å². The molecule has 35 heavy (non-hydrogen) atoms. The molecule has 0 radical (unpaired) electrons. The van der Waals surface area contributed by atoms with E-state index in [0.29, 0.717) is 5.69 Å². The lowest BCUT2D eigenvalue weighted by atomic mass is 10.0. The van der Waals surface area contributed by atoms with Gasteiger partial charge in [0.15, 0.2) is 5.11 Å². The summed E-state index contributed by atoms with van der Waals surface area (Å²) < 4.78 is 2.11. The number of hydrogen-bond acceptors (Lipinski definition) is 4. The van der Waals surface area contributed by atoms with Crippen LogP contribution in [0, 0.1) is 27.7 Å². The first-order valence-electron chi connectivity index (χ1n) is 11.3. The molecule has 0 bridgehead atoms. The monoisotopic (exact) mass is 480 g/mol. The molecule has 2 aromatic heterocycles. The maximum absolute atomic E-state index is 13.5. The number of rotatable bonds is 3. The Morgan fingerprint density at radius 1 is 0.971 bits per heavy atom. The number of carbonyl (C=O) groups is 2. The lowest BCUT2D eigenvalue weighted by Crippen LogP contribution is -2.54. The van der Waals surface area contributed by atoms with Gasteiger partial charge in [-0.1, -0.05) is 23.8 Å². The highest BCUT2D eigenvalue weighted by molar-refractivity contribution is 7.80. The summed E-state index contributed by atoms with van der Waals surface area (Å²) in [6.45, 7) is 7.89. The zero-order valence-corrected chi connectivity index (χ0v) is 20.7. The zero-order valence-electron chi connectivity index (χ0n) is 19.9. The lowest BCUT2D eigenvalue weighted by molar-refractivity contribution is -0.122. The zero-order chi connectivity index (χ0) is 24.9. The Hall–Kier alpha value is -4.10. The van der Waals surface area contributed by atoms with Crippen LogP contribution in [0.5, 0.6) is 0 Å². The van der Waals surface area contributed by atoms with Crippen LogP contribution in [0.2, 0.25) is 0 Å². The summed E-state index contributed by atoms with van der Waals surface area (Å²) in [7, 11) is 0. The minimum atomic E-state index is -0.498. The summed E-state index contributed by atoms with van der Waals surface area (Å²) in [5, 5.41) is 3.80. The van der Waals surface area contributed by atoms with Crippen LogP contribution >= 0.6 is 12.2 Å². The maximum Gasteiger partial charge on any atom is 0.270 e. The molecule has 1 N–H and O–H groups in total. The van der Waals surface area contributed by atoms with E-state index >= 15 is 0 Å². The first-order chi connectivity index (χ1) is 16.7. The van der Waals surface area contributed by atoms with Crippen LogP contribution in [-0.4, -0.2) is 26.5 Å². The summed E-state index contributed by atoms with van der Waals surface area (Å²) in [5.41, 5.74) is 7.30. The van der Waals surface area contributed by atoms with E-state index < -0.39 is 11.8 Å². The van der Waals surface area contributed by atoms with Crippen molar-refractivity contribution in [3.8, 4) is 5.69 Å². The quantitative estimate of drug-likeness (QED) is 0.252. The number of carbonyl (C=O) groups excluding carboxylic acids is 2. The first-order valence-corrected chi connectivity index (χ1v) is 11.7. The Kier molecular flexibility index (Phi) is 5.57. The van der Waals surface area contributed by atoms with Crippen molar-refractivity contribution in [1.82, 2.24) is 14.9 Å². The van der Waals surface area contributed by atoms with Crippen molar-refractivity contribution in [2.24, 2.45) is 0 Å². The molecule has 0 spiro atoms. The molecule has 5 rings (SSSR count). The molecule has 1 saturated heterocycles. The number of anilines is 1. The molecule has 7 heteroatoms. The van der Waals surface area contributed by atoms with E-state index in [0.717, 1.165) is 44.7 Å². The normalized spacial score (nSPS) is 15.3. The number of aromatic nitrogens is 2. The summed E-state index contributed by atoms with van der Waals surface area (Å²) >= 11 is 5.36. The molecule has 2 amide bonds. The Bertz CT molecular complexity index is 1580. The van der Waals surface area contributed by atoms with Gasteiger partial charge in [0.25, 0.3) is 11.8 Å². The summed E-state index contributed by atoms with van der Waals surface area (Å²) in [6, 6.07) is 17.8. The molecule has 1 aliphatic rings. The van der Waals surface area contributed by atoms with Crippen LogP contribution in [0.3, 0.4) is 0 Å². The number of amides is 2. The number of pyridine rings is 1. The highest BCUT2D eigenvalue weighted by Crippen LogP contribution is 2.28. The van der Waals surface area contributed by atoms with Gasteiger partial charge in [0.1, 0.15) is 5.57 Å². The smallest absolute Gasteiger partial charge is 0.270 e. The molecule has 6 nitrogen and oxygen atoms in total. The second-order valence-corrected chi connectivity index (χ2v) is 9.18. The van der Waals surface area contributed by atoms with E-state index in [1.54, 1.807) is 12.3 Å². The molecule has 0 atom stereocenters. The second-order valence-electron chi connectivity index (χ2n) is 8.79. The Labute approximate surface area is 208 Å². The molecule has 4 aromatic rings. The largest absolute Gasteiger partial charge is 0.318 e. The van der Waals surface area contributed by atoms with Gasteiger partial charge in [0.2, 0.25) is 0 Å². The average Bonchev–Trinajstić information content (AvgIpc) is 3.10. The second kappa shape index (κ2) is 8.60. The van der Waals surface area contributed by atoms with Crippen molar-refractivity contribution in [3.63, 3.8) is 0 Å². The topological polar surface area (TPSA) is 67.2 Å². The highest BCUT2D eigenvalue weighted by atomic mass is 32.1. The third-order valence-electron chi connectivity index (χ3n) is 6.31. The van der Waals surface area contributed by atoms with E-state index in [1.807, 2.05) is 76.2 Å².